The van der Waals surface area contributed by atoms with Gasteiger partial charge in [0.2, 0.25) is 4.77 Å². The molecule has 0 atom stereocenters. The molecule has 20 heavy (non-hydrogen) atoms. The van der Waals surface area contributed by atoms with E-state index in [2.05, 4.69) is 22.3 Å². The molecule has 106 valence electrons. The molecule has 2 heterocycles. The minimum atomic E-state index is 0.611. The van der Waals surface area contributed by atoms with Crippen LogP contribution in [0.2, 0.25) is 0 Å². The van der Waals surface area contributed by atoms with Crippen LogP contribution in [0.25, 0.3) is 5.69 Å². The second kappa shape index (κ2) is 5.82. The van der Waals surface area contributed by atoms with Gasteiger partial charge in [-0.3, -0.25) is 4.90 Å². The minimum Gasteiger partial charge on any atom is -0.379 e. The Balaban J connectivity index is 1.81. The lowest BCUT2D eigenvalue weighted by atomic mass is 10.2. The average molecular weight is 291 g/mol. The number of benzene rings is 1. The van der Waals surface area contributed by atoms with Crippen LogP contribution in [0, 0.1) is 11.7 Å². The van der Waals surface area contributed by atoms with Crippen LogP contribution < -0.4 is 0 Å². The number of nitrogens with zero attached hydrogens (tertiary/aromatic N) is 5. The third kappa shape index (κ3) is 2.79. The van der Waals surface area contributed by atoms with E-state index in [0.29, 0.717) is 11.4 Å². The van der Waals surface area contributed by atoms with E-state index in [0.717, 1.165) is 32.0 Å². The molecule has 0 N–H and O–H groups in total. The number of tetrazole rings is 1. The van der Waals surface area contributed by atoms with Crippen LogP contribution in [-0.2, 0) is 11.4 Å². The Morgan fingerprint density at radius 1 is 1.15 bits per heavy atom. The van der Waals surface area contributed by atoms with Gasteiger partial charge in [0.15, 0.2) is 0 Å². The first-order chi connectivity index (χ1) is 9.74. The molecule has 6 nitrogen and oxygen atoms in total. The van der Waals surface area contributed by atoms with Gasteiger partial charge in [-0.1, -0.05) is 17.7 Å². The number of ether oxygens (including phenoxy) is 1. The van der Waals surface area contributed by atoms with Gasteiger partial charge in [0.05, 0.1) is 25.6 Å². The molecule has 0 aliphatic carbocycles. The monoisotopic (exact) mass is 291 g/mol. The molecule has 7 heteroatoms. The second-order valence-corrected chi connectivity index (χ2v) is 5.25. The summed E-state index contributed by atoms with van der Waals surface area (Å²) in [7, 11) is 0. The summed E-state index contributed by atoms with van der Waals surface area (Å²) >= 11 is 5.45. The van der Waals surface area contributed by atoms with E-state index in [1.165, 1.54) is 5.56 Å². The Kier molecular flexibility index (Phi) is 3.90. The normalized spacial score (nSPS) is 16.4. The SMILES string of the molecule is Cc1ccc(-n2nnn(CN3CCOCC3)c2=S)cc1. The standard InChI is InChI=1S/C13H17N5OS/c1-11-2-4-12(5-3-11)18-13(20)17(14-15-18)10-16-6-8-19-9-7-16/h2-5H,6-10H2,1H3. The first-order valence-electron chi connectivity index (χ1n) is 6.64. The number of hydrogen-bond donors (Lipinski definition) is 0. The van der Waals surface area contributed by atoms with Crippen LogP contribution in [0.5, 0.6) is 0 Å². The highest BCUT2D eigenvalue weighted by Crippen LogP contribution is 2.09. The molecular weight excluding hydrogens is 274 g/mol. The molecule has 0 spiro atoms. The summed E-state index contributed by atoms with van der Waals surface area (Å²) in [5.41, 5.74) is 2.15. The zero-order valence-corrected chi connectivity index (χ0v) is 12.2. The molecule has 1 aromatic heterocycles. The molecule has 1 saturated heterocycles. The molecule has 0 amide bonds. The maximum absolute atomic E-state index is 5.45. The summed E-state index contributed by atoms with van der Waals surface area (Å²) < 4.78 is 9.39. The Labute approximate surface area is 122 Å². The maximum atomic E-state index is 5.45. The van der Waals surface area contributed by atoms with Crippen molar-refractivity contribution < 1.29 is 4.74 Å². The Bertz CT molecular complexity index is 627. The van der Waals surface area contributed by atoms with Crippen LogP contribution in [-0.4, -0.2) is 51.0 Å². The summed E-state index contributed by atoms with van der Waals surface area (Å²) in [4.78, 5) is 2.26. The van der Waals surface area contributed by atoms with Crippen molar-refractivity contribution in [3.63, 3.8) is 0 Å². The summed E-state index contributed by atoms with van der Waals surface area (Å²) in [6.45, 7) is 6.05. The Morgan fingerprint density at radius 2 is 1.85 bits per heavy atom. The van der Waals surface area contributed by atoms with E-state index in [1.54, 1.807) is 9.36 Å². The van der Waals surface area contributed by atoms with Gasteiger partial charge in [0.25, 0.3) is 0 Å². The average Bonchev–Trinajstić information content (AvgIpc) is 2.83. The fourth-order valence-electron chi connectivity index (χ4n) is 2.14. The molecule has 0 saturated carbocycles. The quantitative estimate of drug-likeness (QED) is 0.800. The minimum absolute atomic E-state index is 0.611. The van der Waals surface area contributed by atoms with E-state index < -0.39 is 0 Å². The van der Waals surface area contributed by atoms with Gasteiger partial charge in [-0.25, -0.2) is 4.68 Å². The molecule has 1 aliphatic rings. The van der Waals surface area contributed by atoms with Gasteiger partial charge >= 0.3 is 0 Å². The predicted molar refractivity (Wildman–Crippen MR) is 77.3 cm³/mol. The van der Waals surface area contributed by atoms with E-state index in [9.17, 15) is 0 Å². The summed E-state index contributed by atoms with van der Waals surface area (Å²) in [5, 5.41) is 8.30. The molecule has 2 aromatic rings. The van der Waals surface area contributed by atoms with Crippen LogP contribution in [0.1, 0.15) is 5.56 Å². The second-order valence-electron chi connectivity index (χ2n) is 4.88. The highest BCUT2D eigenvalue weighted by Gasteiger charge is 2.13. The lowest BCUT2D eigenvalue weighted by Crippen LogP contribution is -2.37. The molecule has 0 unspecified atom stereocenters. The van der Waals surface area contributed by atoms with Gasteiger partial charge in [0.1, 0.15) is 0 Å². The van der Waals surface area contributed by atoms with Crippen molar-refractivity contribution >= 4 is 12.2 Å². The fraction of sp³-hybridized carbons (Fsp3) is 0.462. The molecule has 3 rings (SSSR count). The zero-order chi connectivity index (χ0) is 13.9. The number of aromatic nitrogens is 4. The lowest BCUT2D eigenvalue weighted by Gasteiger charge is -2.25. The molecule has 0 bridgehead atoms. The first kappa shape index (κ1) is 13.4. The summed E-state index contributed by atoms with van der Waals surface area (Å²) in [6, 6.07) is 8.08. The van der Waals surface area contributed by atoms with Gasteiger partial charge in [-0.2, -0.15) is 4.68 Å². The summed E-state index contributed by atoms with van der Waals surface area (Å²) in [6.07, 6.45) is 0. The largest absolute Gasteiger partial charge is 0.379 e. The topological polar surface area (TPSA) is 48.1 Å². The fourth-order valence-corrected chi connectivity index (χ4v) is 2.38. The van der Waals surface area contributed by atoms with E-state index in [-0.39, 0.29) is 0 Å². The molecular formula is C13H17N5OS. The lowest BCUT2D eigenvalue weighted by molar-refractivity contribution is 0.0207. The van der Waals surface area contributed by atoms with Gasteiger partial charge < -0.3 is 4.74 Å². The van der Waals surface area contributed by atoms with Gasteiger partial charge in [-0.15, -0.1) is 0 Å². The maximum Gasteiger partial charge on any atom is 0.221 e. The molecule has 1 fully saturated rings. The summed E-state index contributed by atoms with van der Waals surface area (Å²) in [5.74, 6) is 0. The molecule has 0 radical (unpaired) electrons. The van der Waals surface area contributed by atoms with Crippen molar-refractivity contribution in [2.45, 2.75) is 13.6 Å². The number of rotatable bonds is 3. The highest BCUT2D eigenvalue weighted by atomic mass is 32.1. The van der Waals surface area contributed by atoms with E-state index in [1.807, 2.05) is 24.3 Å². The van der Waals surface area contributed by atoms with Crippen molar-refractivity contribution in [3.8, 4) is 5.69 Å². The van der Waals surface area contributed by atoms with Crippen LogP contribution in [0.15, 0.2) is 24.3 Å². The highest BCUT2D eigenvalue weighted by molar-refractivity contribution is 7.71. The van der Waals surface area contributed by atoms with Crippen LogP contribution >= 0.6 is 12.2 Å². The van der Waals surface area contributed by atoms with Crippen molar-refractivity contribution in [2.75, 3.05) is 26.3 Å². The van der Waals surface area contributed by atoms with Gasteiger partial charge in [-0.05, 0) is 41.7 Å². The van der Waals surface area contributed by atoms with Crippen LogP contribution in [0.3, 0.4) is 0 Å². The molecule has 1 aromatic carbocycles. The van der Waals surface area contributed by atoms with Crippen molar-refractivity contribution in [2.24, 2.45) is 0 Å². The van der Waals surface area contributed by atoms with Crippen molar-refractivity contribution in [1.29, 1.82) is 0 Å². The molecule has 1 aliphatic heterocycles. The first-order valence-corrected chi connectivity index (χ1v) is 7.05. The third-order valence-corrected chi connectivity index (χ3v) is 3.74. The van der Waals surface area contributed by atoms with E-state index >= 15 is 0 Å². The van der Waals surface area contributed by atoms with E-state index in [4.69, 9.17) is 17.0 Å². The zero-order valence-electron chi connectivity index (χ0n) is 11.4. The van der Waals surface area contributed by atoms with Gasteiger partial charge in [0, 0.05) is 13.1 Å². The van der Waals surface area contributed by atoms with Crippen molar-refractivity contribution in [1.82, 2.24) is 24.7 Å². The number of aryl methyl sites for hydroxylation is 1. The smallest absolute Gasteiger partial charge is 0.221 e. The Morgan fingerprint density at radius 3 is 2.55 bits per heavy atom. The number of hydrogen-bond acceptors (Lipinski definition) is 5. The number of morpholine rings is 1. The predicted octanol–water partition coefficient (Wildman–Crippen LogP) is 1.40. The third-order valence-electron chi connectivity index (χ3n) is 3.36. The van der Waals surface area contributed by atoms with Crippen LogP contribution in [0.4, 0.5) is 0 Å². The van der Waals surface area contributed by atoms with Crippen molar-refractivity contribution in [3.05, 3.63) is 34.6 Å². The Hall–Kier alpha value is -1.57.